The van der Waals surface area contributed by atoms with Crippen LogP contribution in [0, 0.1) is 17.2 Å². The molecule has 0 aliphatic carbocycles. The molecular formula is C16H15NO3S. The van der Waals surface area contributed by atoms with Crippen LogP contribution in [0.15, 0.2) is 41.3 Å². The van der Waals surface area contributed by atoms with Crippen LogP contribution in [0.5, 0.6) is 0 Å². The number of thioether (sulfide) groups is 1. The van der Waals surface area contributed by atoms with E-state index in [0.717, 1.165) is 4.90 Å². The zero-order valence-corrected chi connectivity index (χ0v) is 12.2. The highest BCUT2D eigenvalue weighted by Crippen LogP contribution is 2.43. The second-order valence-corrected chi connectivity index (χ2v) is 6.36. The molecule has 0 spiro atoms. The topological polar surface area (TPSA) is 70.3 Å². The van der Waals surface area contributed by atoms with E-state index in [-0.39, 0.29) is 24.4 Å². The van der Waals surface area contributed by atoms with Gasteiger partial charge in [-0.3, -0.25) is 4.79 Å². The number of carbonyl (C=O) groups is 1. The Hall–Kier alpha value is -1.61. The summed E-state index contributed by atoms with van der Waals surface area (Å²) < 4.78 is 5.75. The number of benzene rings is 1. The molecule has 0 aromatic heterocycles. The van der Waals surface area contributed by atoms with Gasteiger partial charge in [0.15, 0.2) is 11.4 Å². The summed E-state index contributed by atoms with van der Waals surface area (Å²) in [7, 11) is 0. The maximum Gasteiger partial charge on any atom is 0.198 e. The van der Waals surface area contributed by atoms with Gasteiger partial charge in [0.2, 0.25) is 0 Å². The van der Waals surface area contributed by atoms with Gasteiger partial charge in [-0.25, -0.2) is 0 Å². The van der Waals surface area contributed by atoms with E-state index in [0.29, 0.717) is 17.7 Å². The van der Waals surface area contributed by atoms with Crippen molar-refractivity contribution in [1.82, 2.24) is 0 Å². The van der Waals surface area contributed by atoms with Crippen molar-refractivity contribution in [3.63, 3.8) is 0 Å². The molecule has 1 aromatic carbocycles. The number of hydrogen-bond donors (Lipinski definition) is 1. The van der Waals surface area contributed by atoms with Gasteiger partial charge in [-0.05, 0) is 18.2 Å². The number of fused-ring (bicyclic) bond motifs is 2. The Labute approximate surface area is 127 Å². The Kier molecular flexibility index (Phi) is 3.85. The summed E-state index contributed by atoms with van der Waals surface area (Å²) in [5.74, 6) is 0.310. The first-order valence-electron chi connectivity index (χ1n) is 6.84. The first-order valence-corrected chi connectivity index (χ1v) is 7.82. The van der Waals surface area contributed by atoms with Crippen LogP contribution >= 0.6 is 11.8 Å². The normalized spacial score (nSPS) is 29.5. The predicted molar refractivity (Wildman–Crippen MR) is 79.0 cm³/mol. The van der Waals surface area contributed by atoms with E-state index < -0.39 is 5.60 Å². The summed E-state index contributed by atoms with van der Waals surface area (Å²) in [4.78, 5) is 13.7. The van der Waals surface area contributed by atoms with Crippen LogP contribution in [0.3, 0.4) is 0 Å². The van der Waals surface area contributed by atoms with E-state index in [4.69, 9.17) is 15.1 Å². The van der Waals surface area contributed by atoms with Crippen molar-refractivity contribution in [2.75, 3.05) is 12.4 Å². The molecule has 0 radical (unpaired) electrons. The van der Waals surface area contributed by atoms with Gasteiger partial charge in [0.05, 0.1) is 24.7 Å². The lowest BCUT2D eigenvalue weighted by Gasteiger charge is -2.21. The highest BCUT2D eigenvalue weighted by molar-refractivity contribution is 7.99. The summed E-state index contributed by atoms with van der Waals surface area (Å²) in [6.07, 6.45) is 3.80. The van der Waals surface area contributed by atoms with Crippen molar-refractivity contribution >= 4 is 17.5 Å². The number of nitrogens with zero attached hydrogens (tertiary/aromatic N) is 1. The van der Waals surface area contributed by atoms with Crippen LogP contribution in [-0.4, -0.2) is 35.0 Å². The smallest absolute Gasteiger partial charge is 0.198 e. The molecule has 5 heteroatoms. The van der Waals surface area contributed by atoms with Crippen LogP contribution in [0.25, 0.3) is 0 Å². The number of rotatable bonds is 5. The molecule has 21 heavy (non-hydrogen) atoms. The highest BCUT2D eigenvalue weighted by Gasteiger charge is 2.53. The van der Waals surface area contributed by atoms with E-state index in [1.807, 2.05) is 18.2 Å². The average Bonchev–Trinajstić information content (AvgIpc) is 3.12. The molecule has 1 fully saturated rings. The monoisotopic (exact) mass is 301 g/mol. The van der Waals surface area contributed by atoms with Crippen LogP contribution in [-0.2, 0) is 4.74 Å². The summed E-state index contributed by atoms with van der Waals surface area (Å²) in [5, 5.41) is 17.9. The van der Waals surface area contributed by atoms with E-state index in [9.17, 15) is 4.79 Å². The van der Waals surface area contributed by atoms with E-state index in [1.165, 1.54) is 0 Å². The lowest BCUT2D eigenvalue weighted by atomic mass is 9.82. The van der Waals surface area contributed by atoms with Gasteiger partial charge >= 0.3 is 0 Å². The van der Waals surface area contributed by atoms with E-state index in [1.54, 1.807) is 30.0 Å². The number of aliphatic hydroxyl groups is 1. The molecule has 4 nitrogen and oxygen atoms in total. The van der Waals surface area contributed by atoms with Crippen LogP contribution < -0.4 is 0 Å². The van der Waals surface area contributed by atoms with E-state index in [2.05, 4.69) is 6.07 Å². The van der Waals surface area contributed by atoms with Gasteiger partial charge in [-0.2, -0.15) is 5.26 Å². The zero-order valence-electron chi connectivity index (χ0n) is 11.4. The lowest BCUT2D eigenvalue weighted by Crippen LogP contribution is -2.34. The standard InChI is InChI=1S/C16H15NO3S/c17-10-12-9-16(6-5-14(12)20-16)15(19)11-1-3-13(4-2-11)21-8-7-18/h1-6,12,14,18H,7-9H2. The molecule has 3 rings (SSSR count). The SMILES string of the molecule is N#CC1CC2(C(=O)c3ccc(SCCO)cc3)C=CC1O2. The molecule has 1 N–H and O–H groups in total. The molecule has 108 valence electrons. The third kappa shape index (κ3) is 2.51. The minimum atomic E-state index is -0.954. The Bertz CT molecular complexity index is 619. The number of ketones is 1. The molecule has 2 heterocycles. The molecular weight excluding hydrogens is 286 g/mol. The number of nitriles is 1. The largest absolute Gasteiger partial charge is 0.396 e. The molecule has 3 unspecified atom stereocenters. The molecule has 0 saturated carbocycles. The van der Waals surface area contributed by atoms with Crippen molar-refractivity contribution in [2.24, 2.45) is 5.92 Å². The predicted octanol–water partition coefficient (Wildman–Crippen LogP) is 2.19. The van der Waals surface area contributed by atoms with Gasteiger partial charge in [-0.15, -0.1) is 11.8 Å². The first-order chi connectivity index (χ1) is 10.2. The van der Waals surface area contributed by atoms with Crippen LogP contribution in [0.4, 0.5) is 0 Å². The molecule has 2 aliphatic rings. The lowest BCUT2D eigenvalue weighted by molar-refractivity contribution is 0.0274. The molecule has 3 atom stereocenters. The van der Waals surface area contributed by atoms with Crippen molar-refractivity contribution in [2.45, 2.75) is 23.0 Å². The van der Waals surface area contributed by atoms with Crippen molar-refractivity contribution in [3.8, 4) is 6.07 Å². The zero-order chi connectivity index (χ0) is 14.9. The number of Topliss-reactive ketones (excluding diaryl/α,β-unsaturated/α-hetero) is 1. The Morgan fingerprint density at radius 2 is 2.24 bits per heavy atom. The first kappa shape index (κ1) is 14.3. The molecule has 1 aromatic rings. The molecule has 2 aliphatic heterocycles. The minimum Gasteiger partial charge on any atom is -0.396 e. The summed E-state index contributed by atoms with van der Waals surface area (Å²) >= 11 is 1.54. The maximum absolute atomic E-state index is 12.7. The fraction of sp³-hybridized carbons (Fsp3) is 0.375. The van der Waals surface area contributed by atoms with Gasteiger partial charge in [-0.1, -0.05) is 18.2 Å². The number of ether oxygens (including phenoxy) is 1. The molecule has 2 bridgehead atoms. The number of aliphatic hydroxyl groups excluding tert-OH is 1. The van der Waals surface area contributed by atoms with Crippen molar-refractivity contribution in [1.29, 1.82) is 5.26 Å². The summed E-state index contributed by atoms with van der Waals surface area (Å²) in [6.45, 7) is 0.129. The second-order valence-electron chi connectivity index (χ2n) is 5.20. The third-order valence-corrected chi connectivity index (χ3v) is 4.84. The molecule has 0 amide bonds. The average molecular weight is 301 g/mol. The number of carbonyl (C=O) groups excluding carboxylic acids is 1. The maximum atomic E-state index is 12.7. The fourth-order valence-electron chi connectivity index (χ4n) is 2.80. The fourth-order valence-corrected chi connectivity index (χ4v) is 3.45. The molecule has 1 saturated heterocycles. The van der Waals surface area contributed by atoms with Crippen molar-refractivity contribution in [3.05, 3.63) is 42.0 Å². The van der Waals surface area contributed by atoms with Crippen LogP contribution in [0.2, 0.25) is 0 Å². The van der Waals surface area contributed by atoms with Crippen LogP contribution in [0.1, 0.15) is 16.8 Å². The third-order valence-electron chi connectivity index (χ3n) is 3.85. The van der Waals surface area contributed by atoms with Gasteiger partial charge in [0.1, 0.15) is 0 Å². The van der Waals surface area contributed by atoms with Gasteiger partial charge < -0.3 is 9.84 Å². The van der Waals surface area contributed by atoms with Gasteiger partial charge in [0, 0.05) is 22.6 Å². The summed E-state index contributed by atoms with van der Waals surface area (Å²) in [6, 6.07) is 9.51. The number of hydrogen-bond acceptors (Lipinski definition) is 5. The Morgan fingerprint density at radius 1 is 1.48 bits per heavy atom. The minimum absolute atomic E-state index is 0.0855. The van der Waals surface area contributed by atoms with Gasteiger partial charge in [0.25, 0.3) is 0 Å². The van der Waals surface area contributed by atoms with Crippen molar-refractivity contribution < 1.29 is 14.6 Å². The highest BCUT2D eigenvalue weighted by atomic mass is 32.2. The quantitative estimate of drug-likeness (QED) is 0.513. The Balaban J connectivity index is 1.77. The summed E-state index contributed by atoms with van der Waals surface area (Å²) in [5.41, 5.74) is -0.364. The Morgan fingerprint density at radius 3 is 2.86 bits per heavy atom. The van der Waals surface area contributed by atoms with E-state index >= 15 is 0 Å². The second kappa shape index (κ2) is 5.64.